The van der Waals surface area contributed by atoms with E-state index in [0.29, 0.717) is 30.2 Å². The van der Waals surface area contributed by atoms with E-state index in [-0.39, 0.29) is 17.7 Å². The van der Waals surface area contributed by atoms with Gasteiger partial charge in [0, 0.05) is 31.0 Å². The van der Waals surface area contributed by atoms with E-state index in [9.17, 15) is 9.18 Å². The zero-order valence-corrected chi connectivity index (χ0v) is 17.3. The first-order chi connectivity index (χ1) is 14.5. The Balaban J connectivity index is 1.33. The van der Waals surface area contributed by atoms with Gasteiger partial charge >= 0.3 is 0 Å². The molecule has 0 saturated carbocycles. The minimum atomic E-state index is -0.395. The summed E-state index contributed by atoms with van der Waals surface area (Å²) in [7, 11) is 0. The Labute approximate surface area is 179 Å². The molecular formula is C22H22ClFN4O2. The molecule has 1 fully saturated rings. The Bertz CT molecular complexity index is 1050. The zero-order chi connectivity index (χ0) is 21.1. The largest absolute Gasteiger partial charge is 0.490 e. The first-order valence-corrected chi connectivity index (χ1v) is 10.2. The number of hydrogen-bond donors (Lipinski definition) is 0. The van der Waals surface area contributed by atoms with Crippen molar-refractivity contribution in [1.82, 2.24) is 19.9 Å². The minimum Gasteiger partial charge on any atom is -0.490 e. The van der Waals surface area contributed by atoms with Gasteiger partial charge < -0.3 is 9.64 Å². The standard InChI is InChI=1S/C22H22ClFN4O2/c1-15-3-2-4-19(11-15)30-18-7-9-27(10-8-18)22(29)21-14-28(26-25-21)13-16-5-6-17(24)12-20(16)23/h2-6,11-12,14,18H,7-10,13H2,1H3. The lowest BCUT2D eigenvalue weighted by Crippen LogP contribution is -2.41. The van der Waals surface area contributed by atoms with E-state index in [1.807, 2.05) is 31.2 Å². The van der Waals surface area contributed by atoms with Gasteiger partial charge in [0.25, 0.3) is 5.91 Å². The number of amides is 1. The number of piperidine rings is 1. The molecule has 2 aromatic carbocycles. The molecule has 0 unspecified atom stereocenters. The van der Waals surface area contributed by atoms with Crippen molar-refractivity contribution in [3.63, 3.8) is 0 Å². The van der Waals surface area contributed by atoms with Crippen LogP contribution in [0.1, 0.15) is 34.5 Å². The maximum atomic E-state index is 13.2. The molecule has 1 amide bonds. The summed E-state index contributed by atoms with van der Waals surface area (Å²) in [4.78, 5) is 14.6. The maximum absolute atomic E-state index is 13.2. The first-order valence-electron chi connectivity index (χ1n) is 9.84. The summed E-state index contributed by atoms with van der Waals surface area (Å²) in [6.45, 7) is 3.55. The van der Waals surface area contributed by atoms with E-state index >= 15 is 0 Å². The second kappa shape index (κ2) is 8.83. The van der Waals surface area contributed by atoms with E-state index in [2.05, 4.69) is 10.3 Å². The summed E-state index contributed by atoms with van der Waals surface area (Å²) in [6, 6.07) is 12.2. The second-order valence-corrected chi connectivity index (χ2v) is 7.87. The van der Waals surface area contributed by atoms with Gasteiger partial charge in [-0.2, -0.15) is 0 Å². The molecule has 2 heterocycles. The predicted octanol–water partition coefficient (Wildman–Crippen LogP) is 4.11. The summed E-state index contributed by atoms with van der Waals surface area (Å²) < 4.78 is 20.8. The van der Waals surface area contributed by atoms with Crippen LogP contribution in [0.15, 0.2) is 48.7 Å². The Kier molecular flexibility index (Phi) is 5.99. The van der Waals surface area contributed by atoms with Crippen molar-refractivity contribution in [2.45, 2.75) is 32.4 Å². The average Bonchev–Trinajstić information content (AvgIpc) is 3.19. The lowest BCUT2D eigenvalue weighted by atomic mass is 10.1. The zero-order valence-electron chi connectivity index (χ0n) is 16.6. The van der Waals surface area contributed by atoms with Crippen LogP contribution in [-0.2, 0) is 6.54 Å². The van der Waals surface area contributed by atoms with Crippen LogP contribution in [0, 0.1) is 12.7 Å². The Morgan fingerprint density at radius 2 is 2.03 bits per heavy atom. The van der Waals surface area contributed by atoms with E-state index in [1.165, 1.54) is 16.8 Å². The second-order valence-electron chi connectivity index (χ2n) is 7.46. The molecule has 1 aliphatic rings. The number of carbonyl (C=O) groups is 1. The Morgan fingerprint density at radius 3 is 2.77 bits per heavy atom. The fourth-order valence-corrected chi connectivity index (χ4v) is 3.74. The van der Waals surface area contributed by atoms with Gasteiger partial charge in [-0.25, -0.2) is 9.07 Å². The molecule has 0 atom stereocenters. The van der Waals surface area contributed by atoms with Crippen molar-refractivity contribution < 1.29 is 13.9 Å². The van der Waals surface area contributed by atoms with Crippen molar-refractivity contribution in [1.29, 1.82) is 0 Å². The van der Waals surface area contributed by atoms with Crippen molar-refractivity contribution in [2.75, 3.05) is 13.1 Å². The highest BCUT2D eigenvalue weighted by Gasteiger charge is 2.26. The van der Waals surface area contributed by atoms with E-state index < -0.39 is 5.82 Å². The van der Waals surface area contributed by atoms with Gasteiger partial charge in [0.05, 0.1) is 12.7 Å². The number of rotatable bonds is 5. The average molecular weight is 429 g/mol. The molecule has 0 bridgehead atoms. The number of benzene rings is 2. The van der Waals surface area contributed by atoms with E-state index in [0.717, 1.165) is 24.2 Å². The smallest absolute Gasteiger partial charge is 0.276 e. The van der Waals surface area contributed by atoms with Crippen molar-refractivity contribution in [3.8, 4) is 5.75 Å². The van der Waals surface area contributed by atoms with E-state index in [4.69, 9.17) is 16.3 Å². The molecule has 8 heteroatoms. The first kappa shape index (κ1) is 20.3. The third-order valence-electron chi connectivity index (χ3n) is 5.13. The van der Waals surface area contributed by atoms with Crippen LogP contribution in [0.5, 0.6) is 5.75 Å². The van der Waals surface area contributed by atoms with Crippen LogP contribution in [0.4, 0.5) is 4.39 Å². The molecule has 6 nitrogen and oxygen atoms in total. The summed E-state index contributed by atoms with van der Waals surface area (Å²) in [5.74, 6) is 0.315. The number of halogens is 2. The number of hydrogen-bond acceptors (Lipinski definition) is 4. The Morgan fingerprint density at radius 1 is 1.23 bits per heavy atom. The van der Waals surface area contributed by atoms with Crippen LogP contribution in [0.25, 0.3) is 0 Å². The van der Waals surface area contributed by atoms with Crippen LogP contribution < -0.4 is 4.74 Å². The van der Waals surface area contributed by atoms with Crippen molar-refractivity contribution >= 4 is 17.5 Å². The predicted molar refractivity (Wildman–Crippen MR) is 111 cm³/mol. The molecule has 0 radical (unpaired) electrons. The topological polar surface area (TPSA) is 60.2 Å². The molecular weight excluding hydrogens is 407 g/mol. The summed E-state index contributed by atoms with van der Waals surface area (Å²) >= 11 is 6.06. The molecule has 0 N–H and O–H groups in total. The molecule has 3 aromatic rings. The van der Waals surface area contributed by atoms with Gasteiger partial charge in [-0.15, -0.1) is 5.10 Å². The van der Waals surface area contributed by atoms with Crippen molar-refractivity contribution in [3.05, 3.63) is 76.3 Å². The third-order valence-corrected chi connectivity index (χ3v) is 5.48. The van der Waals surface area contributed by atoms with Crippen LogP contribution in [0.3, 0.4) is 0 Å². The Hall–Kier alpha value is -2.93. The fourth-order valence-electron chi connectivity index (χ4n) is 3.52. The van der Waals surface area contributed by atoms with Crippen LogP contribution in [0.2, 0.25) is 5.02 Å². The minimum absolute atomic E-state index is 0.0900. The molecule has 4 rings (SSSR count). The SMILES string of the molecule is Cc1cccc(OC2CCN(C(=O)c3cn(Cc4ccc(F)cc4Cl)nn3)CC2)c1. The number of aromatic nitrogens is 3. The monoisotopic (exact) mass is 428 g/mol. The number of carbonyl (C=O) groups excluding carboxylic acids is 1. The number of nitrogens with zero attached hydrogens (tertiary/aromatic N) is 4. The van der Waals surface area contributed by atoms with Gasteiger partial charge in [0.2, 0.25) is 0 Å². The fraction of sp³-hybridized carbons (Fsp3) is 0.318. The highest BCUT2D eigenvalue weighted by Crippen LogP contribution is 2.21. The highest BCUT2D eigenvalue weighted by atomic mass is 35.5. The van der Waals surface area contributed by atoms with E-state index in [1.54, 1.807) is 17.2 Å². The molecule has 156 valence electrons. The van der Waals surface area contributed by atoms with Gasteiger partial charge in [-0.1, -0.05) is 35.0 Å². The van der Waals surface area contributed by atoms with Gasteiger partial charge in [-0.3, -0.25) is 4.79 Å². The summed E-state index contributed by atoms with van der Waals surface area (Å²) in [6.07, 6.45) is 3.21. The quantitative estimate of drug-likeness (QED) is 0.613. The molecule has 1 aliphatic heterocycles. The van der Waals surface area contributed by atoms with Gasteiger partial charge in [0.15, 0.2) is 5.69 Å². The number of ether oxygens (including phenoxy) is 1. The highest BCUT2D eigenvalue weighted by molar-refractivity contribution is 6.31. The summed E-state index contributed by atoms with van der Waals surface area (Å²) in [5, 5.41) is 8.33. The normalized spacial score (nSPS) is 14.7. The summed E-state index contributed by atoms with van der Waals surface area (Å²) in [5.41, 5.74) is 2.15. The molecule has 1 saturated heterocycles. The molecule has 1 aromatic heterocycles. The van der Waals surface area contributed by atoms with Gasteiger partial charge in [-0.05, 0) is 42.3 Å². The number of likely N-dealkylation sites (tertiary alicyclic amines) is 1. The lowest BCUT2D eigenvalue weighted by Gasteiger charge is -2.31. The van der Waals surface area contributed by atoms with Crippen LogP contribution in [-0.4, -0.2) is 45.0 Å². The van der Waals surface area contributed by atoms with Crippen molar-refractivity contribution in [2.24, 2.45) is 0 Å². The molecule has 0 aliphatic carbocycles. The third kappa shape index (κ3) is 4.79. The number of aryl methyl sites for hydroxylation is 1. The maximum Gasteiger partial charge on any atom is 0.276 e. The van der Waals surface area contributed by atoms with Crippen LogP contribution >= 0.6 is 11.6 Å². The molecule has 0 spiro atoms. The molecule has 30 heavy (non-hydrogen) atoms. The van der Waals surface area contributed by atoms with Gasteiger partial charge in [0.1, 0.15) is 17.7 Å². The lowest BCUT2D eigenvalue weighted by molar-refractivity contribution is 0.0590.